The van der Waals surface area contributed by atoms with E-state index < -0.39 is 0 Å². The van der Waals surface area contributed by atoms with Gasteiger partial charge in [-0.1, -0.05) is 37.0 Å². The predicted octanol–water partition coefficient (Wildman–Crippen LogP) is 3.57. The lowest BCUT2D eigenvalue weighted by Gasteiger charge is -2.17. The summed E-state index contributed by atoms with van der Waals surface area (Å²) in [5.41, 5.74) is 0.702. The highest BCUT2D eigenvalue weighted by Gasteiger charge is 2.13. The van der Waals surface area contributed by atoms with Crippen molar-refractivity contribution in [1.82, 2.24) is 5.32 Å². The molecular weight excluding hydrogens is 271 g/mol. The molecule has 0 aliphatic heterocycles. The van der Waals surface area contributed by atoms with Gasteiger partial charge in [-0.05, 0) is 31.0 Å². The molecule has 0 saturated heterocycles. The summed E-state index contributed by atoms with van der Waals surface area (Å²) in [5.74, 6) is 0.384. The zero-order valence-electron chi connectivity index (χ0n) is 10.8. The molecule has 0 aliphatic carbocycles. The number of benzene rings is 1. The average Bonchev–Trinajstić information content (AvgIpc) is 2.29. The van der Waals surface area contributed by atoms with Crippen LogP contribution in [0.2, 0.25) is 10.0 Å². The second-order valence-corrected chi connectivity index (χ2v) is 5.47. The van der Waals surface area contributed by atoms with Gasteiger partial charge in [0.2, 0.25) is 5.91 Å². The Morgan fingerprint density at radius 1 is 1.28 bits per heavy atom. The molecule has 1 aromatic carbocycles. The molecule has 0 heterocycles. The molecule has 5 heteroatoms. The van der Waals surface area contributed by atoms with Crippen LogP contribution in [-0.4, -0.2) is 18.5 Å². The Hall–Kier alpha value is -0.930. The highest BCUT2D eigenvalue weighted by atomic mass is 35.5. The van der Waals surface area contributed by atoms with Crippen LogP contribution in [0.5, 0.6) is 0 Å². The van der Waals surface area contributed by atoms with Crippen LogP contribution in [0, 0.1) is 5.92 Å². The molecule has 0 fully saturated rings. The molecule has 18 heavy (non-hydrogen) atoms. The zero-order chi connectivity index (χ0) is 13.7. The summed E-state index contributed by atoms with van der Waals surface area (Å²) >= 11 is 11.8. The summed E-state index contributed by atoms with van der Waals surface area (Å²) in [6, 6.07) is 4.79. The number of anilines is 1. The summed E-state index contributed by atoms with van der Waals surface area (Å²) in [4.78, 5) is 11.8. The van der Waals surface area contributed by atoms with E-state index in [0.29, 0.717) is 28.2 Å². The standard InChI is InChI=1S/C13H18Cl2N2O/c1-8(2)7-16-13(18)9(3)17-12-5-4-10(14)6-11(12)15/h4-6,8-9,17H,7H2,1-3H3,(H,16,18). The molecule has 1 atom stereocenters. The molecule has 0 aliphatic rings. The van der Waals surface area contributed by atoms with Crippen molar-refractivity contribution >= 4 is 34.8 Å². The Bertz CT molecular complexity index is 421. The van der Waals surface area contributed by atoms with Crippen molar-refractivity contribution in [2.24, 2.45) is 5.92 Å². The molecule has 0 spiro atoms. The maximum absolute atomic E-state index is 11.8. The molecule has 3 nitrogen and oxygen atoms in total. The van der Waals surface area contributed by atoms with E-state index in [9.17, 15) is 4.79 Å². The van der Waals surface area contributed by atoms with Gasteiger partial charge in [0.15, 0.2) is 0 Å². The van der Waals surface area contributed by atoms with Crippen molar-refractivity contribution in [3.8, 4) is 0 Å². The molecule has 0 radical (unpaired) electrons. The number of hydrogen-bond donors (Lipinski definition) is 2. The van der Waals surface area contributed by atoms with Gasteiger partial charge < -0.3 is 10.6 Å². The van der Waals surface area contributed by atoms with Gasteiger partial charge in [-0.3, -0.25) is 4.79 Å². The van der Waals surface area contributed by atoms with Crippen LogP contribution < -0.4 is 10.6 Å². The van der Waals surface area contributed by atoms with Crippen LogP contribution in [0.1, 0.15) is 20.8 Å². The van der Waals surface area contributed by atoms with Gasteiger partial charge in [0.05, 0.1) is 10.7 Å². The first kappa shape index (κ1) is 15.1. The Labute approximate surface area is 118 Å². The topological polar surface area (TPSA) is 41.1 Å². The minimum atomic E-state index is -0.345. The van der Waals surface area contributed by atoms with Crippen molar-refractivity contribution in [2.75, 3.05) is 11.9 Å². The first-order valence-corrected chi connectivity index (χ1v) is 6.65. The zero-order valence-corrected chi connectivity index (χ0v) is 12.3. The van der Waals surface area contributed by atoms with Crippen LogP contribution in [0.15, 0.2) is 18.2 Å². The minimum absolute atomic E-state index is 0.0466. The lowest BCUT2D eigenvalue weighted by Crippen LogP contribution is -2.39. The lowest BCUT2D eigenvalue weighted by atomic mass is 10.2. The number of amides is 1. The molecule has 1 amide bonds. The maximum Gasteiger partial charge on any atom is 0.242 e. The normalized spacial score (nSPS) is 12.3. The van der Waals surface area contributed by atoms with Gasteiger partial charge in [-0.2, -0.15) is 0 Å². The van der Waals surface area contributed by atoms with Gasteiger partial charge >= 0.3 is 0 Å². The van der Waals surface area contributed by atoms with E-state index in [0.717, 1.165) is 0 Å². The van der Waals surface area contributed by atoms with Crippen molar-refractivity contribution in [3.63, 3.8) is 0 Å². The number of hydrogen-bond acceptors (Lipinski definition) is 2. The molecule has 0 bridgehead atoms. The van der Waals surface area contributed by atoms with Crippen molar-refractivity contribution < 1.29 is 4.79 Å². The predicted molar refractivity (Wildman–Crippen MR) is 77.4 cm³/mol. The molecule has 2 N–H and O–H groups in total. The van der Waals surface area contributed by atoms with Gasteiger partial charge in [-0.15, -0.1) is 0 Å². The van der Waals surface area contributed by atoms with E-state index in [1.807, 2.05) is 0 Å². The van der Waals surface area contributed by atoms with Gasteiger partial charge in [0.1, 0.15) is 6.04 Å². The summed E-state index contributed by atoms with van der Waals surface area (Å²) in [6.45, 7) is 6.56. The third kappa shape index (κ3) is 4.75. The first-order valence-electron chi connectivity index (χ1n) is 5.89. The molecule has 1 rings (SSSR count). The van der Waals surface area contributed by atoms with Gasteiger partial charge in [-0.25, -0.2) is 0 Å². The van der Waals surface area contributed by atoms with E-state index in [1.54, 1.807) is 25.1 Å². The Kier molecular flexibility index (Phi) is 5.76. The molecular formula is C13H18Cl2N2O. The van der Waals surface area contributed by atoms with Crippen LogP contribution in [-0.2, 0) is 4.79 Å². The van der Waals surface area contributed by atoms with Gasteiger partial charge in [0, 0.05) is 11.6 Å². The molecule has 0 aromatic heterocycles. The highest BCUT2D eigenvalue weighted by Crippen LogP contribution is 2.25. The molecule has 0 saturated carbocycles. The smallest absolute Gasteiger partial charge is 0.242 e. The molecule has 100 valence electrons. The fraction of sp³-hybridized carbons (Fsp3) is 0.462. The van der Waals surface area contributed by atoms with Crippen molar-refractivity contribution in [3.05, 3.63) is 28.2 Å². The average molecular weight is 289 g/mol. The Balaban J connectivity index is 2.58. The number of halogens is 2. The second kappa shape index (κ2) is 6.86. The summed E-state index contributed by atoms with van der Waals surface area (Å²) in [6.07, 6.45) is 0. The number of carbonyl (C=O) groups is 1. The number of carbonyl (C=O) groups excluding carboxylic acids is 1. The Morgan fingerprint density at radius 2 is 1.94 bits per heavy atom. The minimum Gasteiger partial charge on any atom is -0.373 e. The van der Waals surface area contributed by atoms with Crippen LogP contribution in [0.4, 0.5) is 5.69 Å². The number of rotatable bonds is 5. The van der Waals surface area contributed by atoms with Crippen LogP contribution in [0.25, 0.3) is 0 Å². The van der Waals surface area contributed by atoms with Gasteiger partial charge in [0.25, 0.3) is 0 Å². The monoisotopic (exact) mass is 288 g/mol. The fourth-order valence-corrected chi connectivity index (χ4v) is 1.83. The van der Waals surface area contributed by atoms with E-state index in [2.05, 4.69) is 24.5 Å². The van der Waals surface area contributed by atoms with Crippen LogP contribution in [0.3, 0.4) is 0 Å². The molecule has 1 aromatic rings. The second-order valence-electron chi connectivity index (χ2n) is 4.63. The third-order valence-corrected chi connectivity index (χ3v) is 2.93. The van der Waals surface area contributed by atoms with E-state index in [-0.39, 0.29) is 11.9 Å². The van der Waals surface area contributed by atoms with Crippen molar-refractivity contribution in [1.29, 1.82) is 0 Å². The first-order chi connectivity index (χ1) is 8.40. The number of nitrogens with one attached hydrogen (secondary N) is 2. The Morgan fingerprint density at radius 3 is 2.50 bits per heavy atom. The van der Waals surface area contributed by atoms with E-state index >= 15 is 0 Å². The van der Waals surface area contributed by atoms with Crippen molar-refractivity contribution in [2.45, 2.75) is 26.8 Å². The summed E-state index contributed by atoms with van der Waals surface area (Å²) in [5, 5.41) is 7.00. The van der Waals surface area contributed by atoms with E-state index in [1.165, 1.54) is 0 Å². The maximum atomic E-state index is 11.8. The SMILES string of the molecule is CC(C)CNC(=O)C(C)Nc1ccc(Cl)cc1Cl. The fourth-order valence-electron chi connectivity index (χ4n) is 1.36. The summed E-state index contributed by atoms with van der Waals surface area (Å²) < 4.78 is 0. The molecule has 1 unspecified atom stereocenters. The third-order valence-electron chi connectivity index (χ3n) is 2.38. The largest absolute Gasteiger partial charge is 0.373 e. The van der Waals surface area contributed by atoms with E-state index in [4.69, 9.17) is 23.2 Å². The quantitative estimate of drug-likeness (QED) is 0.870. The van der Waals surface area contributed by atoms with Crippen LogP contribution >= 0.6 is 23.2 Å². The summed E-state index contributed by atoms with van der Waals surface area (Å²) in [7, 11) is 0. The highest BCUT2D eigenvalue weighted by molar-refractivity contribution is 6.36. The lowest BCUT2D eigenvalue weighted by molar-refractivity contribution is -0.121.